The third kappa shape index (κ3) is 2.06. The van der Waals surface area contributed by atoms with Crippen molar-refractivity contribution in [1.82, 2.24) is 4.90 Å². The van der Waals surface area contributed by atoms with Crippen LogP contribution in [0.3, 0.4) is 0 Å². The molecule has 19 heavy (non-hydrogen) atoms. The van der Waals surface area contributed by atoms with Crippen molar-refractivity contribution in [3.05, 3.63) is 0 Å². The fourth-order valence-corrected chi connectivity index (χ4v) is 5.66. The zero-order valence-electron chi connectivity index (χ0n) is 13.2. The highest BCUT2D eigenvalue weighted by molar-refractivity contribution is 5.05. The van der Waals surface area contributed by atoms with E-state index in [4.69, 9.17) is 5.73 Å². The predicted molar refractivity (Wildman–Crippen MR) is 80.9 cm³/mol. The molecule has 0 amide bonds. The molecule has 0 aromatic heterocycles. The summed E-state index contributed by atoms with van der Waals surface area (Å²) in [7, 11) is 2.36. The Morgan fingerprint density at radius 3 is 1.89 bits per heavy atom. The average molecular weight is 264 g/mol. The summed E-state index contributed by atoms with van der Waals surface area (Å²) in [4.78, 5) is 2.70. The van der Waals surface area contributed by atoms with E-state index in [1.54, 1.807) is 6.42 Å². The molecule has 0 radical (unpaired) electrons. The van der Waals surface area contributed by atoms with Gasteiger partial charge in [-0.1, -0.05) is 13.8 Å². The van der Waals surface area contributed by atoms with E-state index in [9.17, 15) is 0 Å². The molecule has 4 aliphatic rings. The van der Waals surface area contributed by atoms with Crippen LogP contribution >= 0.6 is 0 Å². The average Bonchev–Trinajstić information content (AvgIpc) is 2.35. The maximum atomic E-state index is 6.16. The Morgan fingerprint density at radius 1 is 1.05 bits per heavy atom. The molecule has 2 N–H and O–H groups in total. The summed E-state index contributed by atoms with van der Waals surface area (Å²) in [6.45, 7) is 7.82. The van der Waals surface area contributed by atoms with Crippen LogP contribution in [0.2, 0.25) is 0 Å². The van der Waals surface area contributed by atoms with Crippen molar-refractivity contribution < 1.29 is 0 Å². The highest BCUT2D eigenvalue weighted by Gasteiger charge is 2.52. The highest BCUT2D eigenvalue weighted by atomic mass is 15.2. The van der Waals surface area contributed by atoms with Gasteiger partial charge in [-0.2, -0.15) is 0 Å². The molecule has 0 aromatic carbocycles. The number of likely N-dealkylation sites (N-methyl/N-ethyl adjacent to an activating group) is 1. The number of nitrogens with zero attached hydrogens (tertiary/aromatic N) is 1. The van der Waals surface area contributed by atoms with Crippen molar-refractivity contribution in [1.29, 1.82) is 0 Å². The molecule has 4 aliphatic carbocycles. The minimum atomic E-state index is 0.167. The van der Waals surface area contributed by atoms with Crippen molar-refractivity contribution in [2.45, 2.75) is 64.5 Å². The van der Waals surface area contributed by atoms with Crippen LogP contribution < -0.4 is 5.73 Å². The summed E-state index contributed by atoms with van der Waals surface area (Å²) in [5.74, 6) is 4.68. The minimum Gasteiger partial charge on any atom is -0.329 e. The molecular formula is C17H32N2. The molecule has 4 rings (SSSR count). The van der Waals surface area contributed by atoms with Crippen LogP contribution in [0.5, 0.6) is 0 Å². The van der Waals surface area contributed by atoms with Gasteiger partial charge < -0.3 is 5.73 Å². The van der Waals surface area contributed by atoms with Crippen molar-refractivity contribution in [2.24, 2.45) is 35.3 Å². The van der Waals surface area contributed by atoms with Crippen molar-refractivity contribution >= 4 is 0 Å². The molecule has 0 aromatic rings. The summed E-state index contributed by atoms with van der Waals surface area (Å²) < 4.78 is 0. The van der Waals surface area contributed by atoms with Crippen molar-refractivity contribution in [3.8, 4) is 0 Å². The van der Waals surface area contributed by atoms with E-state index >= 15 is 0 Å². The second-order valence-corrected chi connectivity index (χ2v) is 8.25. The van der Waals surface area contributed by atoms with Crippen LogP contribution in [0, 0.1) is 29.6 Å². The van der Waals surface area contributed by atoms with E-state index < -0.39 is 0 Å². The Balaban J connectivity index is 1.82. The zero-order chi connectivity index (χ0) is 13.8. The molecule has 1 atom stereocenters. The third-order valence-electron chi connectivity index (χ3n) is 7.09. The summed E-state index contributed by atoms with van der Waals surface area (Å²) in [5.41, 5.74) is 6.33. The molecule has 110 valence electrons. The topological polar surface area (TPSA) is 29.3 Å². The SMILES string of the molecule is CC(C)C(C)(CN)N(C)C1C2CC3CC(C2)CC1C3. The van der Waals surface area contributed by atoms with E-state index in [1.807, 2.05) is 0 Å². The molecule has 2 nitrogen and oxygen atoms in total. The van der Waals surface area contributed by atoms with Gasteiger partial charge in [0.25, 0.3) is 0 Å². The highest BCUT2D eigenvalue weighted by Crippen LogP contribution is 2.55. The van der Waals surface area contributed by atoms with Crippen LogP contribution in [0.25, 0.3) is 0 Å². The van der Waals surface area contributed by atoms with Gasteiger partial charge >= 0.3 is 0 Å². The molecule has 0 aliphatic heterocycles. The van der Waals surface area contributed by atoms with Gasteiger partial charge in [0, 0.05) is 18.1 Å². The Morgan fingerprint density at radius 2 is 1.53 bits per heavy atom. The number of nitrogens with two attached hydrogens (primary N) is 1. The van der Waals surface area contributed by atoms with Crippen LogP contribution in [-0.4, -0.2) is 30.1 Å². The van der Waals surface area contributed by atoms with Gasteiger partial charge in [0.05, 0.1) is 0 Å². The Kier molecular flexibility index (Phi) is 3.46. The maximum absolute atomic E-state index is 6.16. The van der Waals surface area contributed by atoms with Crippen molar-refractivity contribution in [2.75, 3.05) is 13.6 Å². The Hall–Kier alpha value is -0.0800. The van der Waals surface area contributed by atoms with Gasteiger partial charge in [-0.25, -0.2) is 0 Å². The van der Waals surface area contributed by atoms with Gasteiger partial charge in [-0.15, -0.1) is 0 Å². The molecule has 2 heteroatoms. The first-order valence-corrected chi connectivity index (χ1v) is 8.38. The standard InChI is InChI=1S/C17H32N2/c1-11(2)17(3,10-18)19(4)16-14-6-12-5-13(8-14)9-15(16)7-12/h11-16H,5-10,18H2,1-4H3. The lowest BCUT2D eigenvalue weighted by atomic mass is 9.53. The molecule has 0 heterocycles. The van der Waals surface area contributed by atoms with E-state index in [0.717, 1.165) is 36.3 Å². The summed E-state index contributed by atoms with van der Waals surface area (Å²) in [6, 6.07) is 0.809. The fraction of sp³-hybridized carbons (Fsp3) is 1.00. The number of hydrogen-bond acceptors (Lipinski definition) is 2. The van der Waals surface area contributed by atoms with E-state index in [2.05, 4.69) is 32.7 Å². The lowest BCUT2D eigenvalue weighted by Crippen LogP contribution is -2.64. The zero-order valence-corrected chi connectivity index (χ0v) is 13.2. The monoisotopic (exact) mass is 264 g/mol. The van der Waals surface area contributed by atoms with Gasteiger partial charge in [0.2, 0.25) is 0 Å². The second kappa shape index (κ2) is 4.73. The molecule has 0 saturated heterocycles. The molecular weight excluding hydrogens is 232 g/mol. The fourth-order valence-electron chi connectivity index (χ4n) is 5.66. The van der Waals surface area contributed by atoms with Crippen LogP contribution in [-0.2, 0) is 0 Å². The largest absolute Gasteiger partial charge is 0.329 e. The summed E-state index contributed by atoms with van der Waals surface area (Å²) in [6.07, 6.45) is 7.55. The minimum absolute atomic E-state index is 0.167. The Bertz CT molecular complexity index is 310. The predicted octanol–water partition coefficient (Wildman–Crippen LogP) is 3.12. The first-order valence-electron chi connectivity index (χ1n) is 8.38. The van der Waals surface area contributed by atoms with Crippen LogP contribution in [0.4, 0.5) is 0 Å². The number of hydrogen-bond donors (Lipinski definition) is 1. The molecule has 4 saturated carbocycles. The Labute approximate surface area is 119 Å². The summed E-state index contributed by atoms with van der Waals surface area (Å²) in [5, 5.41) is 0. The number of rotatable bonds is 4. The molecule has 0 spiro atoms. The van der Waals surface area contributed by atoms with Gasteiger partial charge in [0.1, 0.15) is 0 Å². The second-order valence-electron chi connectivity index (χ2n) is 8.25. The van der Waals surface area contributed by atoms with Gasteiger partial charge in [-0.05, 0) is 75.7 Å². The normalized spacial score (nSPS) is 44.1. The smallest absolute Gasteiger partial charge is 0.0326 e. The maximum Gasteiger partial charge on any atom is 0.0326 e. The molecule has 4 fully saturated rings. The summed E-state index contributed by atoms with van der Waals surface area (Å²) >= 11 is 0. The van der Waals surface area contributed by atoms with Gasteiger partial charge in [-0.3, -0.25) is 4.90 Å². The third-order valence-corrected chi connectivity index (χ3v) is 7.09. The van der Waals surface area contributed by atoms with Gasteiger partial charge in [0.15, 0.2) is 0 Å². The van der Waals surface area contributed by atoms with Crippen LogP contribution in [0.15, 0.2) is 0 Å². The van der Waals surface area contributed by atoms with E-state index in [0.29, 0.717) is 5.92 Å². The lowest BCUT2D eigenvalue weighted by Gasteiger charge is -2.60. The molecule has 1 unspecified atom stereocenters. The first-order chi connectivity index (χ1) is 8.95. The van der Waals surface area contributed by atoms with E-state index in [1.165, 1.54) is 25.7 Å². The molecule has 4 bridgehead atoms. The van der Waals surface area contributed by atoms with E-state index in [-0.39, 0.29) is 5.54 Å². The van der Waals surface area contributed by atoms with Crippen LogP contribution in [0.1, 0.15) is 52.9 Å². The van der Waals surface area contributed by atoms with Crippen molar-refractivity contribution in [3.63, 3.8) is 0 Å². The first kappa shape index (κ1) is 13.9. The quantitative estimate of drug-likeness (QED) is 0.845. The lowest BCUT2D eigenvalue weighted by molar-refractivity contribution is -0.0954.